The molecule has 0 aromatic heterocycles. The number of allylic oxidation sites excluding steroid dienone is 6. The summed E-state index contributed by atoms with van der Waals surface area (Å²) in [6.07, 6.45) is 53.5. The lowest BCUT2D eigenvalue weighted by Crippen LogP contribution is -2.40. The van der Waals surface area contributed by atoms with Gasteiger partial charge in [0.25, 0.3) is 6.29 Å². The molecule has 380 valence electrons. The van der Waals surface area contributed by atoms with Gasteiger partial charge in [0.1, 0.15) is 13.2 Å². The molecule has 9 heteroatoms. The Labute approximate surface area is 400 Å². The number of carbonyl (C=O) groups is 3. The Bertz CT molecular complexity index is 1160. The number of likely N-dealkylation sites (N-methyl/N-ethyl adjacent to an activating group) is 1. The van der Waals surface area contributed by atoms with Crippen molar-refractivity contribution in [2.75, 3.05) is 47.5 Å². The third kappa shape index (κ3) is 49.2. The zero-order chi connectivity index (χ0) is 47.7. The Morgan fingerprint density at radius 2 is 0.831 bits per heavy atom. The van der Waals surface area contributed by atoms with Crippen LogP contribution in [0.2, 0.25) is 0 Å². The summed E-state index contributed by atoms with van der Waals surface area (Å²) in [5.41, 5.74) is 0. The molecular weight excluding hydrogens is 815 g/mol. The van der Waals surface area contributed by atoms with Crippen molar-refractivity contribution in [2.45, 2.75) is 257 Å². The van der Waals surface area contributed by atoms with E-state index >= 15 is 0 Å². The van der Waals surface area contributed by atoms with Crippen molar-refractivity contribution in [2.24, 2.45) is 0 Å². The third-order valence-electron chi connectivity index (χ3n) is 11.9. The van der Waals surface area contributed by atoms with Crippen LogP contribution >= 0.6 is 0 Å². The van der Waals surface area contributed by atoms with Gasteiger partial charge in [-0.05, 0) is 70.6 Å². The molecule has 0 aliphatic carbocycles. The molecule has 0 radical (unpaired) electrons. The summed E-state index contributed by atoms with van der Waals surface area (Å²) in [6.45, 7) is 4.87. The van der Waals surface area contributed by atoms with Gasteiger partial charge in [0.05, 0.1) is 34.4 Å². The number of nitrogens with zero attached hydrogens (tertiary/aromatic N) is 1. The minimum absolute atomic E-state index is 0.184. The highest BCUT2D eigenvalue weighted by molar-refractivity contribution is 5.71. The summed E-state index contributed by atoms with van der Waals surface area (Å²) in [5, 5.41) is 9.68. The molecule has 0 bridgehead atoms. The molecule has 2 unspecified atom stereocenters. The summed E-state index contributed by atoms with van der Waals surface area (Å²) in [4.78, 5) is 37.3. The Kier molecular flexibility index (Phi) is 46.1. The maximum absolute atomic E-state index is 12.8. The second kappa shape index (κ2) is 48.0. The fourth-order valence-corrected chi connectivity index (χ4v) is 7.63. The highest BCUT2D eigenvalue weighted by Gasteiger charge is 2.25. The van der Waals surface area contributed by atoms with Crippen molar-refractivity contribution in [1.29, 1.82) is 0 Å². The fourth-order valence-electron chi connectivity index (χ4n) is 7.63. The van der Waals surface area contributed by atoms with Crippen molar-refractivity contribution in [3.05, 3.63) is 36.5 Å². The molecule has 0 rings (SSSR count). The van der Waals surface area contributed by atoms with Gasteiger partial charge in [0.2, 0.25) is 0 Å². The van der Waals surface area contributed by atoms with Crippen molar-refractivity contribution in [3.63, 3.8) is 0 Å². The van der Waals surface area contributed by atoms with Gasteiger partial charge in [0, 0.05) is 12.8 Å². The van der Waals surface area contributed by atoms with Gasteiger partial charge in [0.15, 0.2) is 6.10 Å². The lowest BCUT2D eigenvalue weighted by atomic mass is 10.0. The summed E-state index contributed by atoms with van der Waals surface area (Å²) < 4.78 is 22.8. The Hall–Kier alpha value is -2.49. The fraction of sp³-hybridized carbons (Fsp3) is 0.839. The smallest absolute Gasteiger partial charge is 0.361 e. The molecule has 0 aromatic carbocycles. The Morgan fingerprint density at radius 3 is 1.23 bits per heavy atom. The molecule has 2 atom stereocenters. The van der Waals surface area contributed by atoms with E-state index in [-0.39, 0.29) is 32.2 Å². The Morgan fingerprint density at radius 1 is 0.462 bits per heavy atom. The van der Waals surface area contributed by atoms with Crippen molar-refractivity contribution >= 4 is 17.9 Å². The van der Waals surface area contributed by atoms with Gasteiger partial charge in [-0.15, -0.1) is 0 Å². The first-order valence-electron chi connectivity index (χ1n) is 27.2. The molecule has 0 aliphatic rings. The number of aliphatic carboxylic acids is 1. The average Bonchev–Trinajstić information content (AvgIpc) is 3.27. The summed E-state index contributed by atoms with van der Waals surface area (Å²) in [7, 11) is 5.96. The highest BCUT2D eigenvalue weighted by atomic mass is 16.7. The van der Waals surface area contributed by atoms with E-state index in [2.05, 4.69) is 50.3 Å². The average molecular weight is 919 g/mol. The first-order chi connectivity index (χ1) is 31.6. The number of unbranched alkanes of at least 4 members (excludes halogenated alkanes) is 29. The summed E-state index contributed by atoms with van der Waals surface area (Å²) in [5.74, 6) is -2.01. The monoisotopic (exact) mass is 919 g/mol. The van der Waals surface area contributed by atoms with E-state index in [4.69, 9.17) is 18.9 Å². The number of carboxylic acids is 1. The van der Waals surface area contributed by atoms with Crippen LogP contribution < -0.4 is 0 Å². The lowest BCUT2D eigenvalue weighted by Gasteiger charge is -2.25. The normalized spacial score (nSPS) is 13.1. The number of carboxylic acid groups (broad SMARTS) is 1. The Balaban J connectivity index is 4.25. The molecule has 65 heavy (non-hydrogen) atoms. The van der Waals surface area contributed by atoms with E-state index in [0.29, 0.717) is 17.4 Å². The molecule has 0 saturated heterocycles. The van der Waals surface area contributed by atoms with E-state index in [1.165, 1.54) is 154 Å². The topological polar surface area (TPSA) is 108 Å². The number of hydrogen-bond acceptors (Lipinski definition) is 7. The minimum atomic E-state index is -1.51. The molecule has 9 nitrogen and oxygen atoms in total. The van der Waals surface area contributed by atoms with Crippen LogP contribution in [0.3, 0.4) is 0 Å². The van der Waals surface area contributed by atoms with Crippen LogP contribution in [0.5, 0.6) is 0 Å². The van der Waals surface area contributed by atoms with Gasteiger partial charge in [-0.2, -0.15) is 0 Å². The molecular formula is C56H104NO8+. The van der Waals surface area contributed by atoms with Gasteiger partial charge < -0.3 is 28.5 Å². The number of carbonyl (C=O) groups excluding carboxylic acids is 2. The molecule has 0 aliphatic heterocycles. The van der Waals surface area contributed by atoms with Gasteiger partial charge in [-0.1, -0.05) is 198 Å². The second-order valence-electron chi connectivity index (χ2n) is 19.5. The number of ether oxygens (including phenoxy) is 4. The first kappa shape index (κ1) is 62.5. The van der Waals surface area contributed by atoms with Crippen LogP contribution in [-0.2, 0) is 33.3 Å². The van der Waals surface area contributed by atoms with Crippen molar-refractivity contribution < 1.29 is 42.9 Å². The molecule has 0 heterocycles. The minimum Gasteiger partial charge on any atom is -0.477 e. The van der Waals surface area contributed by atoms with Crippen LogP contribution in [-0.4, -0.2) is 87.4 Å². The standard InChI is InChI=1S/C56H103NO8/c1-6-8-10-12-14-16-18-20-22-23-24-25-26-27-28-29-30-31-33-35-37-39-41-43-45-47-54(59)65-52(51-64-56(55(60)61)62-49-48-57(3,4)5)50-63-53(58)46-44-42-40-38-36-34-32-21-19-17-15-13-11-9-7-2/h18,20-21,23-24,32,52,56H,6-17,19,22,25-31,33-51H2,1-5H3/p+1/b20-18-,24-23-,32-21-. The third-order valence-corrected chi connectivity index (χ3v) is 11.9. The summed E-state index contributed by atoms with van der Waals surface area (Å²) in [6, 6.07) is 0. The highest BCUT2D eigenvalue weighted by Crippen LogP contribution is 2.16. The number of quaternary nitrogens is 1. The zero-order valence-corrected chi connectivity index (χ0v) is 43.2. The van der Waals surface area contributed by atoms with Crippen molar-refractivity contribution in [3.8, 4) is 0 Å². The predicted molar refractivity (Wildman–Crippen MR) is 272 cm³/mol. The first-order valence-corrected chi connectivity index (χ1v) is 27.2. The van der Waals surface area contributed by atoms with Crippen molar-refractivity contribution in [1.82, 2.24) is 0 Å². The zero-order valence-electron chi connectivity index (χ0n) is 43.2. The van der Waals surface area contributed by atoms with Crippen LogP contribution in [0.25, 0.3) is 0 Å². The van der Waals surface area contributed by atoms with Crippen LogP contribution in [0.4, 0.5) is 0 Å². The van der Waals surface area contributed by atoms with Gasteiger partial charge >= 0.3 is 17.9 Å². The van der Waals surface area contributed by atoms with E-state index in [1.807, 2.05) is 21.1 Å². The molecule has 0 saturated carbocycles. The van der Waals surface area contributed by atoms with E-state index in [1.54, 1.807) is 0 Å². The molecule has 0 amide bonds. The van der Waals surface area contributed by atoms with Gasteiger partial charge in [-0.25, -0.2) is 4.79 Å². The molecule has 1 N–H and O–H groups in total. The predicted octanol–water partition coefficient (Wildman–Crippen LogP) is 15.3. The van der Waals surface area contributed by atoms with E-state index < -0.39 is 24.3 Å². The molecule has 0 spiro atoms. The van der Waals surface area contributed by atoms with Crippen LogP contribution in [0.1, 0.15) is 245 Å². The lowest BCUT2D eigenvalue weighted by molar-refractivity contribution is -0.870. The van der Waals surface area contributed by atoms with Crippen LogP contribution in [0, 0.1) is 0 Å². The van der Waals surface area contributed by atoms with E-state index in [9.17, 15) is 19.5 Å². The SMILES string of the molecule is CCCCCCC/C=C\C/C=C\CCCCCCCCCCCCCCCC(=O)OC(COC(=O)CCCCCCC/C=C\CCCCCCCC)COC(OCC[N+](C)(C)C)C(=O)O. The summed E-state index contributed by atoms with van der Waals surface area (Å²) >= 11 is 0. The maximum atomic E-state index is 12.8. The largest absolute Gasteiger partial charge is 0.477 e. The van der Waals surface area contributed by atoms with E-state index in [0.717, 1.165) is 64.2 Å². The van der Waals surface area contributed by atoms with Gasteiger partial charge in [-0.3, -0.25) is 9.59 Å². The number of rotatable bonds is 50. The molecule has 0 fully saturated rings. The quantitative estimate of drug-likeness (QED) is 0.0211. The van der Waals surface area contributed by atoms with Crippen LogP contribution in [0.15, 0.2) is 36.5 Å². The molecule has 0 aromatic rings. The number of esters is 2. The number of hydrogen-bond donors (Lipinski definition) is 1. The maximum Gasteiger partial charge on any atom is 0.361 e. The second-order valence-corrected chi connectivity index (χ2v) is 19.5.